The second-order valence-electron chi connectivity index (χ2n) is 6.47. The summed E-state index contributed by atoms with van der Waals surface area (Å²) >= 11 is 0. The third-order valence-electron chi connectivity index (χ3n) is 5.02. The highest BCUT2D eigenvalue weighted by Gasteiger charge is 2.56. The van der Waals surface area contributed by atoms with Gasteiger partial charge in [0.1, 0.15) is 23.4 Å². The van der Waals surface area contributed by atoms with E-state index in [9.17, 15) is 0 Å². The van der Waals surface area contributed by atoms with Gasteiger partial charge < -0.3 is 14.2 Å². The number of ether oxygens (including phenoxy) is 3. The molecule has 128 valence electrons. The molecule has 0 N–H and O–H groups in total. The molecule has 2 aromatic carbocycles. The summed E-state index contributed by atoms with van der Waals surface area (Å²) in [5.74, 6) is 0. The summed E-state index contributed by atoms with van der Waals surface area (Å²) in [6.45, 7) is 9.46. The summed E-state index contributed by atoms with van der Waals surface area (Å²) in [6, 6.07) is 20.2. The average Bonchev–Trinajstić information content (AvgIpc) is 3.58. The normalized spacial score (nSPS) is 26.1. The molecule has 0 aliphatic carbocycles. The number of epoxide rings is 2. The van der Waals surface area contributed by atoms with Crippen molar-refractivity contribution in [2.75, 3.05) is 13.2 Å². The summed E-state index contributed by atoms with van der Waals surface area (Å²) in [5.41, 5.74) is 0.541. The quantitative estimate of drug-likeness (QED) is 0.541. The van der Waals surface area contributed by atoms with Crippen LogP contribution in [0.25, 0.3) is 0 Å². The zero-order valence-electron chi connectivity index (χ0n) is 14.1. The molecule has 0 aromatic heterocycles. The Morgan fingerprint density at radius 1 is 0.760 bits per heavy atom. The topological polar surface area (TPSA) is 34.3 Å². The van der Waals surface area contributed by atoms with Crippen molar-refractivity contribution in [1.29, 1.82) is 0 Å². The van der Waals surface area contributed by atoms with E-state index in [0.29, 0.717) is 13.2 Å². The molecule has 0 radical (unpaired) electrons. The Morgan fingerprint density at radius 2 is 1.12 bits per heavy atom. The molecule has 0 bridgehead atoms. The first kappa shape index (κ1) is 16.3. The summed E-state index contributed by atoms with van der Waals surface area (Å²) in [4.78, 5) is 0. The predicted octanol–water partition coefficient (Wildman–Crippen LogP) is 3.96. The molecule has 3 nitrogen and oxygen atoms in total. The second-order valence-corrected chi connectivity index (χ2v) is 6.47. The van der Waals surface area contributed by atoms with Gasteiger partial charge in [-0.3, -0.25) is 0 Å². The number of benzene rings is 2. The van der Waals surface area contributed by atoms with Crippen molar-refractivity contribution < 1.29 is 14.2 Å². The first-order valence-electron chi connectivity index (χ1n) is 8.57. The summed E-state index contributed by atoms with van der Waals surface area (Å²) in [6.07, 6.45) is 3.58. The van der Waals surface area contributed by atoms with Crippen LogP contribution in [-0.4, -0.2) is 25.4 Å². The second kappa shape index (κ2) is 6.26. The molecule has 0 amide bonds. The molecule has 0 spiro atoms. The van der Waals surface area contributed by atoms with Gasteiger partial charge in [0.25, 0.3) is 0 Å². The van der Waals surface area contributed by atoms with Crippen LogP contribution >= 0.6 is 0 Å². The molecule has 2 heterocycles. The molecule has 0 saturated carbocycles. The van der Waals surface area contributed by atoms with Crippen LogP contribution in [0.1, 0.15) is 11.1 Å². The Balaban J connectivity index is 1.82. The van der Waals surface area contributed by atoms with Gasteiger partial charge in [0.15, 0.2) is 0 Å². The van der Waals surface area contributed by atoms with Gasteiger partial charge in [0, 0.05) is 0 Å². The van der Waals surface area contributed by atoms with Gasteiger partial charge in [-0.1, -0.05) is 86.0 Å². The van der Waals surface area contributed by atoms with E-state index in [-0.39, 0.29) is 12.2 Å². The van der Waals surface area contributed by atoms with Crippen molar-refractivity contribution in [3.05, 3.63) is 97.1 Å². The van der Waals surface area contributed by atoms with Crippen molar-refractivity contribution in [2.45, 2.75) is 23.4 Å². The molecular formula is C22H22O3. The Labute approximate surface area is 148 Å². The van der Waals surface area contributed by atoms with E-state index in [1.54, 1.807) is 0 Å². The highest BCUT2D eigenvalue weighted by molar-refractivity contribution is 5.36. The van der Waals surface area contributed by atoms with Gasteiger partial charge in [0.05, 0.1) is 13.2 Å². The highest BCUT2D eigenvalue weighted by atomic mass is 16.6. The third kappa shape index (κ3) is 2.74. The van der Waals surface area contributed by atoms with Crippen molar-refractivity contribution in [1.82, 2.24) is 0 Å². The molecule has 4 rings (SSSR count). The van der Waals surface area contributed by atoms with E-state index >= 15 is 0 Å². The van der Waals surface area contributed by atoms with E-state index < -0.39 is 11.2 Å². The largest absolute Gasteiger partial charge is 0.369 e. The smallest absolute Gasteiger partial charge is 0.141 e. The Kier molecular flexibility index (Phi) is 4.08. The summed E-state index contributed by atoms with van der Waals surface area (Å²) in [7, 11) is 0. The van der Waals surface area contributed by atoms with Gasteiger partial charge in [-0.05, 0) is 11.1 Å². The molecule has 2 fully saturated rings. The molecule has 3 heteroatoms. The van der Waals surface area contributed by atoms with E-state index in [1.165, 1.54) is 0 Å². The fraction of sp³-hybridized carbons (Fsp3) is 0.273. The number of hydrogen-bond donors (Lipinski definition) is 0. The molecule has 2 aliphatic heterocycles. The fourth-order valence-electron chi connectivity index (χ4n) is 3.47. The van der Waals surface area contributed by atoms with Gasteiger partial charge >= 0.3 is 0 Å². The SMILES string of the molecule is C=CC(OC(C=C)(c1ccccc1)C1CO1)(c1ccccc1)C1CO1. The lowest BCUT2D eigenvalue weighted by Gasteiger charge is -2.40. The van der Waals surface area contributed by atoms with Gasteiger partial charge in [0.2, 0.25) is 0 Å². The Bertz CT molecular complexity index is 684. The first-order chi connectivity index (χ1) is 12.2. The van der Waals surface area contributed by atoms with Crippen LogP contribution in [-0.2, 0) is 25.4 Å². The molecule has 2 saturated heterocycles. The number of rotatable bonds is 8. The Morgan fingerprint density at radius 3 is 1.40 bits per heavy atom. The average molecular weight is 334 g/mol. The minimum absolute atomic E-state index is 0.0609. The third-order valence-corrected chi connectivity index (χ3v) is 5.02. The summed E-state index contributed by atoms with van der Waals surface area (Å²) < 4.78 is 18.2. The maximum absolute atomic E-state index is 6.86. The molecular weight excluding hydrogens is 312 g/mol. The minimum atomic E-state index is -0.753. The molecule has 2 aromatic rings. The van der Waals surface area contributed by atoms with Gasteiger partial charge in [-0.25, -0.2) is 0 Å². The predicted molar refractivity (Wildman–Crippen MR) is 97.2 cm³/mol. The van der Waals surface area contributed by atoms with Gasteiger partial charge in [-0.15, -0.1) is 0 Å². The number of hydrogen-bond acceptors (Lipinski definition) is 3. The molecule has 4 atom stereocenters. The standard InChI is InChI=1S/C22H22O3/c1-3-21(19-15-23-19,17-11-7-5-8-12-17)25-22(4-2,20-16-24-20)18-13-9-6-10-14-18/h3-14,19-20H,1-2,15-16H2. The zero-order chi connectivity index (χ0) is 17.3. The van der Waals surface area contributed by atoms with Crippen LogP contribution in [0.3, 0.4) is 0 Å². The zero-order valence-corrected chi connectivity index (χ0v) is 14.1. The molecule has 25 heavy (non-hydrogen) atoms. The first-order valence-corrected chi connectivity index (χ1v) is 8.57. The maximum Gasteiger partial charge on any atom is 0.141 e. The van der Waals surface area contributed by atoms with E-state index in [2.05, 4.69) is 37.4 Å². The van der Waals surface area contributed by atoms with Gasteiger partial charge in [-0.2, -0.15) is 0 Å². The lowest BCUT2D eigenvalue weighted by Crippen LogP contribution is -2.45. The molecule has 2 aliphatic rings. The summed E-state index contributed by atoms with van der Waals surface area (Å²) in [5, 5.41) is 0. The van der Waals surface area contributed by atoms with Crippen molar-refractivity contribution in [2.24, 2.45) is 0 Å². The van der Waals surface area contributed by atoms with E-state index in [1.807, 2.05) is 48.6 Å². The molecule has 4 unspecified atom stereocenters. The fourth-order valence-corrected chi connectivity index (χ4v) is 3.47. The van der Waals surface area contributed by atoms with Crippen molar-refractivity contribution >= 4 is 0 Å². The van der Waals surface area contributed by atoms with Crippen molar-refractivity contribution in [3.63, 3.8) is 0 Å². The Hall–Kier alpha value is -2.20. The van der Waals surface area contributed by atoms with Crippen LogP contribution in [0.4, 0.5) is 0 Å². The van der Waals surface area contributed by atoms with Crippen LogP contribution < -0.4 is 0 Å². The van der Waals surface area contributed by atoms with Crippen molar-refractivity contribution in [3.8, 4) is 0 Å². The van der Waals surface area contributed by atoms with E-state index in [0.717, 1.165) is 11.1 Å². The van der Waals surface area contributed by atoms with Crippen LogP contribution in [0.2, 0.25) is 0 Å². The van der Waals surface area contributed by atoms with E-state index in [4.69, 9.17) is 14.2 Å². The van der Waals surface area contributed by atoms with Crippen LogP contribution in [0.5, 0.6) is 0 Å². The minimum Gasteiger partial charge on any atom is -0.369 e. The highest BCUT2D eigenvalue weighted by Crippen LogP contribution is 2.49. The maximum atomic E-state index is 6.86. The lowest BCUT2D eigenvalue weighted by atomic mass is 9.85. The monoisotopic (exact) mass is 334 g/mol. The van der Waals surface area contributed by atoms with Crippen LogP contribution in [0.15, 0.2) is 86.0 Å². The van der Waals surface area contributed by atoms with Crippen LogP contribution in [0, 0.1) is 0 Å². The lowest BCUT2D eigenvalue weighted by molar-refractivity contribution is -0.139.